The molecule has 0 aromatic carbocycles. The summed E-state index contributed by atoms with van der Waals surface area (Å²) in [6, 6.07) is 4.28. The van der Waals surface area contributed by atoms with Crippen LogP contribution in [0.2, 0.25) is 0 Å². The van der Waals surface area contributed by atoms with Crippen LogP contribution in [0, 0.1) is 13.8 Å². The summed E-state index contributed by atoms with van der Waals surface area (Å²) in [5.41, 5.74) is 1.15. The summed E-state index contributed by atoms with van der Waals surface area (Å²) in [5, 5.41) is 10.1. The molecule has 0 spiro atoms. The van der Waals surface area contributed by atoms with Crippen molar-refractivity contribution in [2.24, 2.45) is 4.99 Å². The summed E-state index contributed by atoms with van der Waals surface area (Å²) in [6.07, 6.45) is 0.931. The molecule has 0 aliphatic carbocycles. The molecule has 1 unspecified atom stereocenters. The molecule has 0 aliphatic rings. The zero-order valence-electron chi connectivity index (χ0n) is 13.6. The van der Waals surface area contributed by atoms with Crippen molar-refractivity contribution >= 4 is 28.6 Å². The summed E-state index contributed by atoms with van der Waals surface area (Å²) in [7, 11) is 1.81. The Bertz CT molecular complexity index is 582. The van der Waals surface area contributed by atoms with Gasteiger partial charge in [0.15, 0.2) is 5.96 Å². The SMILES string of the molecule is CN=C(NCCc1nc(C)c(C)s1)NCC(C)c1cccs1. The van der Waals surface area contributed by atoms with Crippen LogP contribution < -0.4 is 10.6 Å². The first-order chi connectivity index (χ1) is 10.6. The maximum atomic E-state index is 4.56. The van der Waals surface area contributed by atoms with Gasteiger partial charge in [-0.2, -0.15) is 0 Å². The van der Waals surface area contributed by atoms with Gasteiger partial charge in [-0.05, 0) is 25.3 Å². The first-order valence-electron chi connectivity index (χ1n) is 7.51. The van der Waals surface area contributed by atoms with Crippen LogP contribution in [0.25, 0.3) is 0 Å². The number of hydrogen-bond acceptors (Lipinski definition) is 4. The Hall–Kier alpha value is -1.40. The lowest BCUT2D eigenvalue weighted by atomic mass is 10.1. The third-order valence-corrected chi connectivity index (χ3v) is 5.77. The van der Waals surface area contributed by atoms with Crippen LogP contribution in [0.15, 0.2) is 22.5 Å². The van der Waals surface area contributed by atoms with Crippen molar-refractivity contribution in [1.29, 1.82) is 0 Å². The molecule has 0 aliphatic heterocycles. The summed E-state index contributed by atoms with van der Waals surface area (Å²) < 4.78 is 0. The fraction of sp³-hybridized carbons (Fsp3) is 0.500. The van der Waals surface area contributed by atoms with E-state index in [0.29, 0.717) is 5.92 Å². The summed E-state index contributed by atoms with van der Waals surface area (Å²) >= 11 is 3.58. The predicted molar refractivity (Wildman–Crippen MR) is 97.4 cm³/mol. The Morgan fingerprint density at radius 3 is 2.77 bits per heavy atom. The van der Waals surface area contributed by atoms with E-state index in [4.69, 9.17) is 0 Å². The highest BCUT2D eigenvalue weighted by Gasteiger charge is 2.08. The second-order valence-corrected chi connectivity index (χ2v) is 7.56. The zero-order valence-corrected chi connectivity index (χ0v) is 15.3. The molecule has 0 radical (unpaired) electrons. The van der Waals surface area contributed by atoms with Crippen LogP contribution in [0.3, 0.4) is 0 Å². The third kappa shape index (κ3) is 4.81. The van der Waals surface area contributed by atoms with Gasteiger partial charge in [-0.25, -0.2) is 4.98 Å². The van der Waals surface area contributed by atoms with E-state index in [0.717, 1.165) is 31.2 Å². The fourth-order valence-electron chi connectivity index (χ4n) is 2.08. The second-order valence-electron chi connectivity index (χ2n) is 5.30. The van der Waals surface area contributed by atoms with E-state index in [1.54, 1.807) is 22.7 Å². The van der Waals surface area contributed by atoms with Gasteiger partial charge in [-0.15, -0.1) is 22.7 Å². The molecule has 0 amide bonds. The van der Waals surface area contributed by atoms with Crippen LogP contribution in [-0.2, 0) is 6.42 Å². The fourth-order valence-corrected chi connectivity index (χ4v) is 3.80. The normalized spacial score (nSPS) is 13.2. The number of rotatable bonds is 6. The van der Waals surface area contributed by atoms with Gasteiger partial charge in [-0.3, -0.25) is 4.99 Å². The minimum absolute atomic E-state index is 0.489. The van der Waals surface area contributed by atoms with Gasteiger partial charge >= 0.3 is 0 Å². The predicted octanol–water partition coefficient (Wildman–Crippen LogP) is 3.33. The van der Waals surface area contributed by atoms with Crippen molar-refractivity contribution in [1.82, 2.24) is 15.6 Å². The molecule has 0 saturated heterocycles. The van der Waals surface area contributed by atoms with Gasteiger partial charge in [0.05, 0.1) is 10.7 Å². The molecule has 0 fully saturated rings. The molecule has 2 aromatic rings. The average Bonchev–Trinajstić information content (AvgIpc) is 3.13. The number of nitrogens with one attached hydrogen (secondary N) is 2. The van der Waals surface area contributed by atoms with Crippen LogP contribution >= 0.6 is 22.7 Å². The standard InChI is InChI=1S/C16H24N4S2/c1-11(14-6-5-9-21-14)10-19-16(17-4)18-8-7-15-20-12(2)13(3)22-15/h5-6,9,11H,7-8,10H2,1-4H3,(H2,17,18,19). The van der Waals surface area contributed by atoms with Crippen LogP contribution in [-0.4, -0.2) is 31.1 Å². The van der Waals surface area contributed by atoms with Crippen molar-refractivity contribution in [2.45, 2.75) is 33.1 Å². The molecule has 22 heavy (non-hydrogen) atoms. The van der Waals surface area contributed by atoms with Crippen molar-refractivity contribution < 1.29 is 0 Å². The summed E-state index contributed by atoms with van der Waals surface area (Å²) in [4.78, 5) is 11.5. The number of aliphatic imine (C=N–C) groups is 1. The minimum Gasteiger partial charge on any atom is -0.356 e. The summed E-state index contributed by atoms with van der Waals surface area (Å²) in [5.74, 6) is 1.34. The Balaban J connectivity index is 1.73. The molecular formula is C16H24N4S2. The summed E-state index contributed by atoms with van der Waals surface area (Å²) in [6.45, 7) is 8.15. The molecule has 0 bridgehead atoms. The highest BCUT2D eigenvalue weighted by atomic mass is 32.1. The van der Waals surface area contributed by atoms with Gasteiger partial charge in [0.25, 0.3) is 0 Å². The monoisotopic (exact) mass is 336 g/mol. The van der Waals surface area contributed by atoms with E-state index in [2.05, 4.69) is 58.9 Å². The van der Waals surface area contributed by atoms with Crippen molar-refractivity contribution in [3.8, 4) is 0 Å². The van der Waals surface area contributed by atoms with Gasteiger partial charge in [0.1, 0.15) is 0 Å². The maximum Gasteiger partial charge on any atom is 0.191 e. The number of aromatic nitrogens is 1. The molecule has 2 N–H and O–H groups in total. The van der Waals surface area contributed by atoms with Crippen molar-refractivity contribution in [3.05, 3.63) is 38.0 Å². The van der Waals surface area contributed by atoms with Crippen molar-refractivity contribution in [3.63, 3.8) is 0 Å². The number of aryl methyl sites for hydroxylation is 2. The maximum absolute atomic E-state index is 4.56. The third-order valence-electron chi connectivity index (χ3n) is 3.53. The highest BCUT2D eigenvalue weighted by Crippen LogP contribution is 2.19. The van der Waals surface area contributed by atoms with Gasteiger partial charge < -0.3 is 10.6 Å². The van der Waals surface area contributed by atoms with E-state index in [1.165, 1.54) is 14.8 Å². The van der Waals surface area contributed by atoms with E-state index in [-0.39, 0.29) is 0 Å². The number of thiophene rings is 1. The Morgan fingerprint density at radius 1 is 1.36 bits per heavy atom. The zero-order chi connectivity index (χ0) is 15.9. The van der Waals surface area contributed by atoms with Gasteiger partial charge in [0, 0.05) is 42.2 Å². The minimum atomic E-state index is 0.489. The van der Waals surface area contributed by atoms with Crippen molar-refractivity contribution in [2.75, 3.05) is 20.1 Å². The molecule has 0 saturated carbocycles. The molecule has 2 rings (SSSR count). The average molecular weight is 337 g/mol. The Labute approximate surface area is 140 Å². The second kappa shape index (κ2) is 8.29. The Kier molecular flexibility index (Phi) is 6.39. The molecule has 2 heterocycles. The number of thiazole rings is 1. The van der Waals surface area contributed by atoms with E-state index < -0.39 is 0 Å². The Morgan fingerprint density at radius 2 is 2.18 bits per heavy atom. The van der Waals surface area contributed by atoms with Gasteiger partial charge in [-0.1, -0.05) is 13.0 Å². The van der Waals surface area contributed by atoms with Gasteiger partial charge in [0.2, 0.25) is 0 Å². The van der Waals surface area contributed by atoms with Crippen LogP contribution in [0.1, 0.15) is 33.3 Å². The topological polar surface area (TPSA) is 49.3 Å². The molecule has 1 atom stereocenters. The van der Waals surface area contributed by atoms with Crippen LogP contribution in [0.4, 0.5) is 0 Å². The quantitative estimate of drug-likeness (QED) is 0.628. The number of nitrogens with zero attached hydrogens (tertiary/aromatic N) is 2. The van der Waals surface area contributed by atoms with E-state index >= 15 is 0 Å². The first kappa shape index (κ1) is 17.0. The lowest BCUT2D eigenvalue weighted by molar-refractivity contribution is 0.706. The lowest BCUT2D eigenvalue weighted by Gasteiger charge is -2.14. The number of hydrogen-bond donors (Lipinski definition) is 2. The molecule has 6 heteroatoms. The molecular weight excluding hydrogens is 312 g/mol. The number of guanidine groups is 1. The molecule has 120 valence electrons. The van der Waals surface area contributed by atoms with E-state index in [1.807, 2.05) is 7.05 Å². The first-order valence-corrected chi connectivity index (χ1v) is 9.20. The van der Waals surface area contributed by atoms with E-state index in [9.17, 15) is 0 Å². The smallest absolute Gasteiger partial charge is 0.191 e. The molecule has 2 aromatic heterocycles. The molecule has 4 nitrogen and oxygen atoms in total. The largest absolute Gasteiger partial charge is 0.356 e. The lowest BCUT2D eigenvalue weighted by Crippen LogP contribution is -2.39. The van der Waals surface area contributed by atoms with Crippen LogP contribution in [0.5, 0.6) is 0 Å². The highest BCUT2D eigenvalue weighted by molar-refractivity contribution is 7.11.